The molecule has 0 saturated heterocycles. The van der Waals surface area contributed by atoms with Gasteiger partial charge in [0, 0.05) is 18.6 Å². The number of nitrogens with zero attached hydrogens (tertiary/aromatic N) is 1. The van der Waals surface area contributed by atoms with E-state index < -0.39 is 10.0 Å². The van der Waals surface area contributed by atoms with Crippen molar-refractivity contribution in [3.63, 3.8) is 0 Å². The molecule has 0 fully saturated rings. The summed E-state index contributed by atoms with van der Waals surface area (Å²) in [7, 11) is -2.33. The molecule has 0 spiro atoms. The standard InChI is InChI=1S/C19H23ClN2O3S/c1-15-5-7-16(8-6-15)4-3-13-21-19(23)14-22(2)26(24,25)18-11-9-17(20)10-12-18/h5-12H,3-4,13-14H2,1-2H3,(H,21,23). The Morgan fingerprint density at radius 1 is 1.08 bits per heavy atom. The van der Waals surface area contributed by atoms with Gasteiger partial charge in [0.25, 0.3) is 0 Å². The van der Waals surface area contributed by atoms with E-state index in [2.05, 4.69) is 29.6 Å². The van der Waals surface area contributed by atoms with E-state index in [1.807, 2.05) is 6.92 Å². The maximum atomic E-state index is 12.4. The van der Waals surface area contributed by atoms with Crippen LogP contribution in [0.5, 0.6) is 0 Å². The fourth-order valence-electron chi connectivity index (χ4n) is 2.40. The zero-order chi connectivity index (χ0) is 19.2. The van der Waals surface area contributed by atoms with Crippen LogP contribution in [0.2, 0.25) is 5.02 Å². The smallest absolute Gasteiger partial charge is 0.243 e. The first-order chi connectivity index (χ1) is 12.3. The Hall–Kier alpha value is -1.89. The van der Waals surface area contributed by atoms with Gasteiger partial charge in [0.1, 0.15) is 0 Å². The number of carbonyl (C=O) groups is 1. The molecule has 0 aliphatic heterocycles. The number of hydrogen-bond acceptors (Lipinski definition) is 3. The summed E-state index contributed by atoms with van der Waals surface area (Å²) in [6, 6.07) is 14.1. The van der Waals surface area contributed by atoms with Gasteiger partial charge in [0.05, 0.1) is 11.4 Å². The zero-order valence-corrected chi connectivity index (χ0v) is 16.5. The molecule has 0 saturated carbocycles. The maximum Gasteiger partial charge on any atom is 0.243 e. The summed E-state index contributed by atoms with van der Waals surface area (Å²) in [5, 5.41) is 3.22. The molecule has 0 aliphatic carbocycles. The van der Waals surface area contributed by atoms with Crippen molar-refractivity contribution < 1.29 is 13.2 Å². The number of benzene rings is 2. The molecule has 7 heteroatoms. The lowest BCUT2D eigenvalue weighted by Crippen LogP contribution is -2.38. The third kappa shape index (κ3) is 5.83. The number of hydrogen-bond donors (Lipinski definition) is 1. The largest absolute Gasteiger partial charge is 0.355 e. The second-order valence-electron chi connectivity index (χ2n) is 6.15. The monoisotopic (exact) mass is 394 g/mol. The summed E-state index contributed by atoms with van der Waals surface area (Å²) in [5.41, 5.74) is 2.43. The Bertz CT molecular complexity index is 834. The fraction of sp³-hybridized carbons (Fsp3) is 0.316. The molecule has 0 aromatic heterocycles. The van der Waals surface area contributed by atoms with Crippen molar-refractivity contribution in [2.45, 2.75) is 24.7 Å². The minimum absolute atomic E-state index is 0.108. The summed E-state index contributed by atoms with van der Waals surface area (Å²) < 4.78 is 25.9. The van der Waals surface area contributed by atoms with Crippen molar-refractivity contribution in [1.29, 1.82) is 0 Å². The second kappa shape index (κ2) is 9.16. The molecule has 0 bridgehead atoms. The van der Waals surface area contributed by atoms with Crippen molar-refractivity contribution in [2.24, 2.45) is 0 Å². The van der Waals surface area contributed by atoms with Crippen LogP contribution in [-0.2, 0) is 21.2 Å². The van der Waals surface area contributed by atoms with E-state index in [-0.39, 0.29) is 17.3 Å². The Balaban J connectivity index is 1.79. The van der Waals surface area contributed by atoms with E-state index in [4.69, 9.17) is 11.6 Å². The maximum absolute atomic E-state index is 12.4. The lowest BCUT2D eigenvalue weighted by Gasteiger charge is -2.17. The van der Waals surface area contributed by atoms with Gasteiger partial charge >= 0.3 is 0 Å². The molecule has 2 aromatic rings. The number of amides is 1. The van der Waals surface area contributed by atoms with Gasteiger partial charge in [-0.15, -0.1) is 0 Å². The van der Waals surface area contributed by atoms with Gasteiger partial charge < -0.3 is 5.32 Å². The van der Waals surface area contributed by atoms with Gasteiger partial charge in [-0.05, 0) is 49.6 Å². The molecule has 2 rings (SSSR count). The molecule has 0 radical (unpaired) electrons. The first-order valence-corrected chi connectivity index (χ1v) is 10.1. The molecular formula is C19H23ClN2O3S. The second-order valence-corrected chi connectivity index (χ2v) is 8.64. The van der Waals surface area contributed by atoms with Crippen molar-refractivity contribution >= 4 is 27.5 Å². The van der Waals surface area contributed by atoms with E-state index in [0.717, 1.165) is 17.1 Å². The average molecular weight is 395 g/mol. The summed E-state index contributed by atoms with van der Waals surface area (Å²) in [6.45, 7) is 2.32. The molecule has 0 heterocycles. The van der Waals surface area contributed by atoms with Crippen LogP contribution in [0.15, 0.2) is 53.4 Å². The lowest BCUT2D eigenvalue weighted by atomic mass is 10.1. The number of carbonyl (C=O) groups excluding carboxylic acids is 1. The Kier molecular flexibility index (Phi) is 7.20. The fourth-order valence-corrected chi connectivity index (χ4v) is 3.66. The Morgan fingerprint density at radius 3 is 2.31 bits per heavy atom. The third-order valence-electron chi connectivity index (χ3n) is 3.97. The Labute approximate surface area is 160 Å². The highest BCUT2D eigenvalue weighted by atomic mass is 35.5. The van der Waals surface area contributed by atoms with Gasteiger partial charge in [0.15, 0.2) is 0 Å². The van der Waals surface area contributed by atoms with E-state index in [1.54, 1.807) is 0 Å². The van der Waals surface area contributed by atoms with Crippen LogP contribution in [0, 0.1) is 6.92 Å². The highest BCUT2D eigenvalue weighted by molar-refractivity contribution is 7.89. The molecule has 26 heavy (non-hydrogen) atoms. The number of halogens is 1. The highest BCUT2D eigenvalue weighted by Crippen LogP contribution is 2.17. The van der Waals surface area contributed by atoms with Crippen molar-refractivity contribution in [3.05, 3.63) is 64.7 Å². The summed E-state index contributed by atoms with van der Waals surface area (Å²) in [4.78, 5) is 12.1. The van der Waals surface area contributed by atoms with Gasteiger partial charge in [0.2, 0.25) is 15.9 Å². The normalized spacial score (nSPS) is 11.5. The molecule has 0 aliphatic rings. The van der Waals surface area contributed by atoms with Crippen molar-refractivity contribution in [3.8, 4) is 0 Å². The minimum Gasteiger partial charge on any atom is -0.355 e. The number of sulfonamides is 1. The van der Waals surface area contributed by atoms with E-state index in [0.29, 0.717) is 11.6 Å². The predicted octanol–water partition coefficient (Wildman–Crippen LogP) is 3.02. The molecule has 0 unspecified atom stereocenters. The highest BCUT2D eigenvalue weighted by Gasteiger charge is 2.22. The average Bonchev–Trinajstić information content (AvgIpc) is 2.60. The first kappa shape index (κ1) is 20.4. The topological polar surface area (TPSA) is 66.5 Å². The van der Waals surface area contributed by atoms with Gasteiger partial charge in [-0.2, -0.15) is 4.31 Å². The zero-order valence-electron chi connectivity index (χ0n) is 14.9. The summed E-state index contributed by atoms with van der Waals surface area (Å²) >= 11 is 5.78. The Morgan fingerprint density at radius 2 is 1.69 bits per heavy atom. The van der Waals surface area contributed by atoms with Gasteiger partial charge in [-0.1, -0.05) is 41.4 Å². The number of nitrogens with one attached hydrogen (secondary N) is 1. The molecule has 2 aromatic carbocycles. The molecule has 0 atom stereocenters. The van der Waals surface area contributed by atoms with Gasteiger partial charge in [-0.25, -0.2) is 8.42 Å². The first-order valence-electron chi connectivity index (χ1n) is 8.33. The van der Waals surface area contributed by atoms with Crippen LogP contribution >= 0.6 is 11.6 Å². The number of likely N-dealkylation sites (N-methyl/N-ethyl adjacent to an activating group) is 1. The molecule has 5 nitrogen and oxygen atoms in total. The van der Waals surface area contributed by atoms with Crippen LogP contribution < -0.4 is 5.32 Å². The summed E-state index contributed by atoms with van der Waals surface area (Å²) in [6.07, 6.45) is 1.65. The molecule has 1 N–H and O–H groups in total. The SMILES string of the molecule is Cc1ccc(CCCNC(=O)CN(C)S(=O)(=O)c2ccc(Cl)cc2)cc1. The van der Waals surface area contributed by atoms with Crippen molar-refractivity contribution in [1.82, 2.24) is 9.62 Å². The third-order valence-corrected chi connectivity index (χ3v) is 6.04. The van der Waals surface area contributed by atoms with Crippen LogP contribution in [-0.4, -0.2) is 38.8 Å². The molecule has 1 amide bonds. The minimum atomic E-state index is -3.71. The number of rotatable bonds is 8. The molecule has 140 valence electrons. The van der Waals surface area contributed by atoms with Gasteiger partial charge in [-0.3, -0.25) is 4.79 Å². The van der Waals surface area contributed by atoms with Crippen LogP contribution in [0.1, 0.15) is 17.5 Å². The van der Waals surface area contributed by atoms with Crippen LogP contribution in [0.25, 0.3) is 0 Å². The van der Waals surface area contributed by atoms with Crippen molar-refractivity contribution in [2.75, 3.05) is 20.1 Å². The van der Waals surface area contributed by atoms with E-state index in [9.17, 15) is 13.2 Å². The van der Waals surface area contributed by atoms with Crippen LogP contribution in [0.4, 0.5) is 0 Å². The molecular weight excluding hydrogens is 372 g/mol. The summed E-state index contributed by atoms with van der Waals surface area (Å²) in [5.74, 6) is -0.325. The number of aryl methyl sites for hydroxylation is 2. The quantitative estimate of drug-likeness (QED) is 0.700. The lowest BCUT2D eigenvalue weighted by molar-refractivity contribution is -0.121. The van der Waals surface area contributed by atoms with E-state index >= 15 is 0 Å². The van der Waals surface area contributed by atoms with E-state index in [1.165, 1.54) is 42.4 Å². The van der Waals surface area contributed by atoms with Crippen LogP contribution in [0.3, 0.4) is 0 Å². The predicted molar refractivity (Wildman–Crippen MR) is 104 cm³/mol.